The molecule has 6 heteroatoms. The van der Waals surface area contributed by atoms with E-state index >= 15 is 0 Å². The van der Waals surface area contributed by atoms with Crippen LogP contribution < -0.4 is 0 Å². The zero-order valence-corrected chi connectivity index (χ0v) is 14.2. The highest BCUT2D eigenvalue weighted by molar-refractivity contribution is 6.31. The minimum absolute atomic E-state index is 0.437. The molecule has 1 aliphatic rings. The number of nitrogens with zero attached hydrogens (tertiary/aromatic N) is 5. The monoisotopic (exact) mass is 329 g/mol. The number of fused-ring (bicyclic) bond motifs is 1. The number of hydrogen-bond donors (Lipinski definition) is 0. The van der Waals surface area contributed by atoms with Crippen molar-refractivity contribution < 1.29 is 0 Å². The third-order valence-electron chi connectivity index (χ3n) is 4.75. The predicted molar refractivity (Wildman–Crippen MR) is 91.3 cm³/mol. The number of benzene rings is 1. The average molecular weight is 330 g/mol. The summed E-state index contributed by atoms with van der Waals surface area (Å²) in [6, 6.07) is 6.33. The van der Waals surface area contributed by atoms with Crippen molar-refractivity contribution in [1.29, 1.82) is 0 Å². The summed E-state index contributed by atoms with van der Waals surface area (Å²) >= 11 is 6.09. The van der Waals surface area contributed by atoms with Crippen molar-refractivity contribution in [3.63, 3.8) is 0 Å². The first kappa shape index (κ1) is 14.7. The molecule has 1 aromatic carbocycles. The van der Waals surface area contributed by atoms with Gasteiger partial charge in [0.05, 0.1) is 23.8 Å². The maximum atomic E-state index is 6.09. The molecule has 0 bridgehead atoms. The van der Waals surface area contributed by atoms with Crippen LogP contribution in [0.25, 0.3) is 11.0 Å². The molecule has 0 radical (unpaired) electrons. The summed E-state index contributed by atoms with van der Waals surface area (Å²) in [6.45, 7) is 1.95. The Bertz CT molecular complexity index is 850. The molecule has 1 saturated heterocycles. The van der Waals surface area contributed by atoms with Gasteiger partial charge in [0.1, 0.15) is 5.82 Å². The van der Waals surface area contributed by atoms with Crippen LogP contribution in [0.1, 0.15) is 30.3 Å². The van der Waals surface area contributed by atoms with Crippen molar-refractivity contribution >= 4 is 22.6 Å². The van der Waals surface area contributed by atoms with Gasteiger partial charge in [-0.1, -0.05) is 11.6 Å². The second kappa shape index (κ2) is 5.65. The standard InChI is InChI=1S/C17H20ClN5/c1-21-10-12(9-19-21)15-4-3-7-23(15)11-17-20-14-8-13(18)5-6-16(14)22(17)2/h5-6,8-10,15H,3-4,7,11H2,1-2H3/t15-/m1/s1. The van der Waals surface area contributed by atoms with Gasteiger partial charge in [-0.05, 0) is 37.6 Å². The first-order valence-corrected chi connectivity index (χ1v) is 8.33. The van der Waals surface area contributed by atoms with Gasteiger partial charge < -0.3 is 4.57 Å². The quantitative estimate of drug-likeness (QED) is 0.740. The maximum absolute atomic E-state index is 6.09. The van der Waals surface area contributed by atoms with Crippen LogP contribution in [0.4, 0.5) is 0 Å². The lowest BCUT2D eigenvalue weighted by Crippen LogP contribution is -2.24. The molecule has 0 amide bonds. The Kier molecular flexibility index (Phi) is 3.62. The number of aromatic nitrogens is 4. The average Bonchev–Trinajstić information content (AvgIpc) is 3.20. The molecule has 120 valence electrons. The van der Waals surface area contributed by atoms with Crippen LogP contribution in [0.2, 0.25) is 5.02 Å². The van der Waals surface area contributed by atoms with Crippen LogP contribution in [0, 0.1) is 0 Å². The molecule has 0 unspecified atom stereocenters. The summed E-state index contributed by atoms with van der Waals surface area (Å²) in [4.78, 5) is 7.29. The molecule has 5 nitrogen and oxygen atoms in total. The van der Waals surface area contributed by atoms with Crippen molar-refractivity contribution in [2.24, 2.45) is 14.1 Å². The Labute approximate surface area is 140 Å². The van der Waals surface area contributed by atoms with E-state index in [0.29, 0.717) is 6.04 Å². The fourth-order valence-electron chi connectivity index (χ4n) is 3.55. The van der Waals surface area contributed by atoms with Crippen LogP contribution >= 0.6 is 11.6 Å². The van der Waals surface area contributed by atoms with Gasteiger partial charge in [-0.15, -0.1) is 0 Å². The minimum atomic E-state index is 0.437. The Morgan fingerprint density at radius 2 is 2.17 bits per heavy atom. The number of hydrogen-bond acceptors (Lipinski definition) is 3. The fraction of sp³-hybridized carbons (Fsp3) is 0.412. The Hall–Kier alpha value is -1.85. The van der Waals surface area contributed by atoms with Gasteiger partial charge in [0.2, 0.25) is 0 Å². The van der Waals surface area contributed by atoms with Crippen LogP contribution in [-0.4, -0.2) is 30.8 Å². The molecule has 23 heavy (non-hydrogen) atoms. The molecular weight excluding hydrogens is 310 g/mol. The largest absolute Gasteiger partial charge is 0.330 e. The molecule has 3 heterocycles. The third kappa shape index (κ3) is 2.64. The molecule has 2 aromatic heterocycles. The van der Waals surface area contributed by atoms with Crippen LogP contribution in [0.15, 0.2) is 30.6 Å². The van der Waals surface area contributed by atoms with Gasteiger partial charge in [0.25, 0.3) is 0 Å². The fourth-order valence-corrected chi connectivity index (χ4v) is 3.72. The lowest BCUT2D eigenvalue weighted by atomic mass is 10.1. The van der Waals surface area contributed by atoms with E-state index in [1.165, 1.54) is 18.4 Å². The lowest BCUT2D eigenvalue weighted by molar-refractivity contribution is 0.240. The molecule has 1 fully saturated rings. The number of likely N-dealkylation sites (tertiary alicyclic amines) is 1. The van der Waals surface area contributed by atoms with E-state index in [9.17, 15) is 0 Å². The van der Waals surface area contributed by atoms with E-state index in [0.717, 1.165) is 35.0 Å². The molecule has 1 atom stereocenters. The van der Waals surface area contributed by atoms with Crippen molar-refractivity contribution in [3.8, 4) is 0 Å². The molecule has 4 rings (SSSR count). The summed E-state index contributed by atoms with van der Waals surface area (Å²) in [5, 5.41) is 5.05. The Morgan fingerprint density at radius 3 is 2.96 bits per heavy atom. The smallest absolute Gasteiger partial charge is 0.123 e. The van der Waals surface area contributed by atoms with E-state index in [1.54, 1.807) is 0 Å². The predicted octanol–water partition coefficient (Wildman–Crippen LogP) is 3.30. The zero-order valence-electron chi connectivity index (χ0n) is 13.4. The molecule has 0 spiro atoms. The zero-order chi connectivity index (χ0) is 16.0. The molecule has 0 aliphatic carbocycles. The topological polar surface area (TPSA) is 38.9 Å². The second-order valence-electron chi connectivity index (χ2n) is 6.30. The van der Waals surface area contributed by atoms with E-state index in [4.69, 9.17) is 16.6 Å². The highest BCUT2D eigenvalue weighted by atomic mass is 35.5. The van der Waals surface area contributed by atoms with E-state index in [2.05, 4.69) is 27.8 Å². The van der Waals surface area contributed by atoms with Crippen molar-refractivity contribution in [2.75, 3.05) is 6.54 Å². The minimum Gasteiger partial charge on any atom is -0.330 e. The van der Waals surface area contributed by atoms with Gasteiger partial charge in [-0.25, -0.2) is 4.98 Å². The lowest BCUT2D eigenvalue weighted by Gasteiger charge is -2.23. The third-order valence-corrected chi connectivity index (χ3v) is 4.99. The van der Waals surface area contributed by atoms with Crippen LogP contribution in [0.5, 0.6) is 0 Å². The number of aryl methyl sites for hydroxylation is 2. The number of imidazole rings is 1. The van der Waals surface area contributed by atoms with Crippen molar-refractivity contribution in [3.05, 3.63) is 47.0 Å². The summed E-state index contributed by atoms with van der Waals surface area (Å²) < 4.78 is 4.05. The van der Waals surface area contributed by atoms with Crippen molar-refractivity contribution in [1.82, 2.24) is 24.2 Å². The van der Waals surface area contributed by atoms with Gasteiger partial charge in [0, 0.05) is 36.9 Å². The highest BCUT2D eigenvalue weighted by Gasteiger charge is 2.28. The van der Waals surface area contributed by atoms with Crippen LogP contribution in [-0.2, 0) is 20.6 Å². The molecule has 0 saturated carbocycles. The summed E-state index contributed by atoms with van der Waals surface area (Å²) in [7, 11) is 4.05. The molecule has 1 aliphatic heterocycles. The highest BCUT2D eigenvalue weighted by Crippen LogP contribution is 2.33. The van der Waals surface area contributed by atoms with Crippen LogP contribution in [0.3, 0.4) is 0 Å². The normalized spacial score (nSPS) is 19.0. The van der Waals surface area contributed by atoms with E-state index in [1.807, 2.05) is 36.1 Å². The van der Waals surface area contributed by atoms with Gasteiger partial charge in [-0.2, -0.15) is 5.10 Å². The van der Waals surface area contributed by atoms with Gasteiger partial charge >= 0.3 is 0 Å². The Balaban J connectivity index is 1.63. The number of halogens is 1. The van der Waals surface area contributed by atoms with Gasteiger partial charge in [-0.3, -0.25) is 9.58 Å². The SMILES string of the molecule is Cn1cc([C@H]2CCCN2Cc2nc3cc(Cl)ccc3n2C)cn1. The molecule has 3 aromatic rings. The van der Waals surface area contributed by atoms with E-state index < -0.39 is 0 Å². The summed E-state index contributed by atoms with van der Waals surface area (Å²) in [5.74, 6) is 1.08. The Morgan fingerprint density at radius 1 is 1.30 bits per heavy atom. The second-order valence-corrected chi connectivity index (χ2v) is 6.73. The van der Waals surface area contributed by atoms with E-state index in [-0.39, 0.29) is 0 Å². The molecule has 0 N–H and O–H groups in total. The summed E-state index contributed by atoms with van der Waals surface area (Å²) in [6.07, 6.45) is 6.51. The molecular formula is C17H20ClN5. The first-order chi connectivity index (χ1) is 11.1. The summed E-state index contributed by atoms with van der Waals surface area (Å²) in [5.41, 5.74) is 3.39. The van der Waals surface area contributed by atoms with Gasteiger partial charge in [0.15, 0.2) is 0 Å². The maximum Gasteiger partial charge on any atom is 0.123 e. The number of rotatable bonds is 3. The van der Waals surface area contributed by atoms with Crippen molar-refractivity contribution in [2.45, 2.75) is 25.4 Å². The first-order valence-electron chi connectivity index (χ1n) is 7.95.